The van der Waals surface area contributed by atoms with E-state index in [-0.39, 0.29) is 5.91 Å². The minimum absolute atomic E-state index is 0.103. The Morgan fingerprint density at radius 3 is 2.31 bits per heavy atom. The summed E-state index contributed by atoms with van der Waals surface area (Å²) in [6.07, 6.45) is 1.91. The molecule has 0 aliphatic carbocycles. The minimum Gasteiger partial charge on any atom is -0.372 e. The highest BCUT2D eigenvalue weighted by Crippen LogP contribution is 2.28. The monoisotopic (exact) mass is 365 g/mol. The number of amidine groups is 1. The van der Waals surface area contributed by atoms with E-state index in [1.807, 2.05) is 49.4 Å². The fraction of sp³-hybridized carbons (Fsp3) is 0.238. The largest absolute Gasteiger partial charge is 0.372 e. The first kappa shape index (κ1) is 18.3. The van der Waals surface area contributed by atoms with Crippen LogP contribution in [-0.2, 0) is 4.79 Å². The Labute approximate surface area is 159 Å². The number of amides is 1. The number of hydrogen-bond acceptors (Lipinski definition) is 4. The maximum atomic E-state index is 12.2. The standard InChI is InChI=1S/C21H23N3OS/c1-4-24(5-2)18-12-8-16(9-13-18)14-19-20(25)23-21(26-19)22-17-10-6-15(3)7-11-17/h6-14H,4-5H2,1-3H3,(H,22,23,25)/b19-14-. The van der Waals surface area contributed by atoms with Gasteiger partial charge in [-0.25, -0.2) is 4.99 Å². The first-order chi connectivity index (χ1) is 12.6. The van der Waals surface area contributed by atoms with Crippen molar-refractivity contribution in [3.63, 3.8) is 0 Å². The molecule has 4 nitrogen and oxygen atoms in total. The molecule has 0 unspecified atom stereocenters. The van der Waals surface area contributed by atoms with Crippen LogP contribution >= 0.6 is 11.8 Å². The molecule has 5 heteroatoms. The van der Waals surface area contributed by atoms with Gasteiger partial charge in [-0.05, 0) is 68.4 Å². The van der Waals surface area contributed by atoms with E-state index in [2.05, 4.69) is 41.2 Å². The van der Waals surface area contributed by atoms with Gasteiger partial charge in [-0.3, -0.25) is 4.79 Å². The zero-order valence-electron chi connectivity index (χ0n) is 15.3. The molecule has 1 fully saturated rings. The van der Waals surface area contributed by atoms with Crippen molar-refractivity contribution in [1.82, 2.24) is 5.32 Å². The lowest BCUT2D eigenvalue weighted by Crippen LogP contribution is -2.21. The Morgan fingerprint density at radius 2 is 1.69 bits per heavy atom. The average molecular weight is 366 g/mol. The van der Waals surface area contributed by atoms with Gasteiger partial charge in [0.2, 0.25) is 0 Å². The summed E-state index contributed by atoms with van der Waals surface area (Å²) in [5, 5.41) is 3.45. The molecule has 0 aromatic heterocycles. The van der Waals surface area contributed by atoms with Gasteiger partial charge in [0.05, 0.1) is 10.6 Å². The Balaban J connectivity index is 1.75. The number of anilines is 1. The van der Waals surface area contributed by atoms with Crippen LogP contribution in [0.3, 0.4) is 0 Å². The second kappa shape index (κ2) is 8.23. The van der Waals surface area contributed by atoms with Crippen LogP contribution in [0.1, 0.15) is 25.0 Å². The Kier molecular flexibility index (Phi) is 5.78. The summed E-state index contributed by atoms with van der Waals surface area (Å²) in [5.41, 5.74) is 4.23. The number of hydrogen-bond donors (Lipinski definition) is 1. The van der Waals surface area contributed by atoms with Gasteiger partial charge >= 0.3 is 0 Å². The molecule has 1 aliphatic rings. The van der Waals surface area contributed by atoms with Crippen molar-refractivity contribution in [2.45, 2.75) is 20.8 Å². The van der Waals surface area contributed by atoms with Crippen molar-refractivity contribution >= 4 is 40.3 Å². The Hall–Kier alpha value is -2.53. The molecule has 134 valence electrons. The molecule has 2 aromatic carbocycles. The summed E-state index contributed by atoms with van der Waals surface area (Å²) in [6.45, 7) is 8.29. The quantitative estimate of drug-likeness (QED) is 0.779. The van der Waals surface area contributed by atoms with Crippen LogP contribution in [0, 0.1) is 6.92 Å². The SMILES string of the molecule is CCN(CC)c1ccc(/C=C2\SC(=Nc3ccc(C)cc3)NC2=O)cc1. The molecule has 0 atom stereocenters. The number of rotatable bonds is 5. The van der Waals surface area contributed by atoms with Crippen molar-refractivity contribution in [2.24, 2.45) is 4.99 Å². The maximum Gasteiger partial charge on any atom is 0.264 e. The van der Waals surface area contributed by atoms with Gasteiger partial charge in [0, 0.05) is 18.8 Å². The van der Waals surface area contributed by atoms with Crippen LogP contribution < -0.4 is 10.2 Å². The van der Waals surface area contributed by atoms with Crippen molar-refractivity contribution in [3.05, 3.63) is 64.6 Å². The topological polar surface area (TPSA) is 44.7 Å². The summed E-state index contributed by atoms with van der Waals surface area (Å²) in [4.78, 5) is 19.7. The molecular weight excluding hydrogens is 342 g/mol. The molecule has 1 N–H and O–H groups in total. The van der Waals surface area contributed by atoms with Crippen molar-refractivity contribution in [2.75, 3.05) is 18.0 Å². The van der Waals surface area contributed by atoms with Gasteiger partial charge in [-0.15, -0.1) is 0 Å². The van der Waals surface area contributed by atoms with Gasteiger partial charge in [-0.2, -0.15) is 0 Å². The number of benzene rings is 2. The minimum atomic E-state index is -0.103. The van der Waals surface area contributed by atoms with Gasteiger partial charge in [0.25, 0.3) is 5.91 Å². The van der Waals surface area contributed by atoms with Gasteiger partial charge in [-0.1, -0.05) is 29.8 Å². The number of nitrogens with zero attached hydrogens (tertiary/aromatic N) is 2. The molecule has 0 radical (unpaired) electrons. The van der Waals surface area contributed by atoms with Crippen molar-refractivity contribution < 1.29 is 4.79 Å². The lowest BCUT2D eigenvalue weighted by molar-refractivity contribution is -0.115. The first-order valence-electron chi connectivity index (χ1n) is 8.80. The summed E-state index contributed by atoms with van der Waals surface area (Å²) in [7, 11) is 0. The van der Waals surface area contributed by atoms with Gasteiger partial charge in [0.1, 0.15) is 0 Å². The first-order valence-corrected chi connectivity index (χ1v) is 9.62. The fourth-order valence-electron chi connectivity index (χ4n) is 2.74. The van der Waals surface area contributed by atoms with Crippen LogP contribution in [0.15, 0.2) is 58.4 Å². The van der Waals surface area contributed by atoms with E-state index in [4.69, 9.17) is 0 Å². The van der Waals surface area contributed by atoms with Crippen LogP contribution in [0.5, 0.6) is 0 Å². The zero-order chi connectivity index (χ0) is 18.5. The molecule has 26 heavy (non-hydrogen) atoms. The molecule has 0 bridgehead atoms. The number of carbonyl (C=O) groups is 1. The van der Waals surface area contributed by atoms with E-state index in [0.29, 0.717) is 10.1 Å². The molecule has 2 aromatic rings. The predicted octanol–water partition coefficient (Wildman–Crippen LogP) is 4.73. The lowest BCUT2D eigenvalue weighted by Gasteiger charge is -2.20. The van der Waals surface area contributed by atoms with Crippen LogP contribution in [0.25, 0.3) is 6.08 Å². The Bertz CT molecular complexity index is 835. The normalized spacial score (nSPS) is 17.0. The van der Waals surface area contributed by atoms with Crippen molar-refractivity contribution in [1.29, 1.82) is 0 Å². The highest BCUT2D eigenvalue weighted by atomic mass is 32.2. The number of thioether (sulfide) groups is 1. The second-order valence-corrected chi connectivity index (χ2v) is 7.11. The van der Waals surface area contributed by atoms with E-state index in [1.54, 1.807) is 0 Å². The van der Waals surface area contributed by atoms with E-state index in [9.17, 15) is 4.79 Å². The fourth-order valence-corrected chi connectivity index (χ4v) is 3.58. The molecule has 1 aliphatic heterocycles. The third kappa shape index (κ3) is 4.35. The third-order valence-corrected chi connectivity index (χ3v) is 5.14. The van der Waals surface area contributed by atoms with Crippen LogP contribution in [-0.4, -0.2) is 24.2 Å². The summed E-state index contributed by atoms with van der Waals surface area (Å²) < 4.78 is 0. The molecule has 0 spiro atoms. The molecular formula is C21H23N3OS. The summed E-state index contributed by atoms with van der Waals surface area (Å²) in [5.74, 6) is -0.103. The molecule has 0 saturated carbocycles. The van der Waals surface area contributed by atoms with Crippen molar-refractivity contribution in [3.8, 4) is 0 Å². The van der Waals surface area contributed by atoms with Gasteiger partial charge < -0.3 is 10.2 Å². The van der Waals surface area contributed by atoms with E-state index < -0.39 is 0 Å². The summed E-state index contributed by atoms with van der Waals surface area (Å²) in [6, 6.07) is 16.2. The van der Waals surface area contributed by atoms with Gasteiger partial charge in [0.15, 0.2) is 5.17 Å². The third-order valence-electron chi connectivity index (χ3n) is 4.23. The molecule has 1 amide bonds. The molecule has 1 heterocycles. The molecule has 1 saturated heterocycles. The lowest BCUT2D eigenvalue weighted by atomic mass is 10.1. The predicted molar refractivity (Wildman–Crippen MR) is 112 cm³/mol. The number of aliphatic imine (C=N–C) groups is 1. The number of aryl methyl sites for hydroxylation is 1. The van der Waals surface area contributed by atoms with Crippen LogP contribution in [0.4, 0.5) is 11.4 Å². The average Bonchev–Trinajstić information content (AvgIpc) is 2.98. The van der Waals surface area contributed by atoms with E-state index >= 15 is 0 Å². The Morgan fingerprint density at radius 1 is 1.04 bits per heavy atom. The smallest absolute Gasteiger partial charge is 0.264 e. The highest BCUT2D eigenvalue weighted by molar-refractivity contribution is 8.18. The zero-order valence-corrected chi connectivity index (χ0v) is 16.1. The number of nitrogens with one attached hydrogen (secondary N) is 1. The number of carbonyl (C=O) groups excluding carboxylic acids is 1. The highest BCUT2D eigenvalue weighted by Gasteiger charge is 2.23. The van der Waals surface area contributed by atoms with E-state index in [1.165, 1.54) is 23.0 Å². The van der Waals surface area contributed by atoms with E-state index in [0.717, 1.165) is 24.3 Å². The summed E-state index contributed by atoms with van der Waals surface area (Å²) >= 11 is 1.37. The maximum absolute atomic E-state index is 12.2. The van der Waals surface area contributed by atoms with Crippen LogP contribution in [0.2, 0.25) is 0 Å². The molecule has 3 rings (SSSR count). The second-order valence-electron chi connectivity index (χ2n) is 6.08.